The first-order chi connectivity index (χ1) is 9.88. The van der Waals surface area contributed by atoms with E-state index in [-0.39, 0.29) is 0 Å². The highest BCUT2D eigenvalue weighted by Crippen LogP contribution is 2.22. The topological polar surface area (TPSA) is 28.7 Å². The van der Waals surface area contributed by atoms with Gasteiger partial charge >= 0.3 is 0 Å². The molecule has 0 atom stereocenters. The van der Waals surface area contributed by atoms with Gasteiger partial charge in [-0.3, -0.25) is 0 Å². The number of hydrogen-bond acceptors (Lipinski definition) is 1. The normalized spacial score (nSPS) is 10.9. The third-order valence-corrected chi connectivity index (χ3v) is 3.35. The Hall–Kier alpha value is -2.79. The molecule has 3 aromatic rings. The van der Waals surface area contributed by atoms with E-state index in [0.29, 0.717) is 0 Å². The molecule has 2 nitrogen and oxygen atoms in total. The van der Waals surface area contributed by atoms with E-state index in [9.17, 15) is 0 Å². The Balaban J connectivity index is 2.11. The third-order valence-electron chi connectivity index (χ3n) is 3.35. The molecular formula is C18H14N2. The van der Waals surface area contributed by atoms with Gasteiger partial charge in [0.2, 0.25) is 0 Å². The second-order valence-electron chi connectivity index (χ2n) is 4.66. The highest BCUT2D eigenvalue weighted by Gasteiger charge is 2.06. The minimum Gasteiger partial charge on any atom is -0.336 e. The van der Waals surface area contributed by atoms with Gasteiger partial charge in [0.05, 0.1) is 6.07 Å². The Kier molecular flexibility index (Phi) is 3.34. The van der Waals surface area contributed by atoms with Gasteiger partial charge in [-0.1, -0.05) is 48.5 Å². The largest absolute Gasteiger partial charge is 0.336 e. The smallest absolute Gasteiger partial charge is 0.0912 e. The molecule has 0 spiro atoms. The second kappa shape index (κ2) is 5.46. The first kappa shape index (κ1) is 12.3. The summed E-state index contributed by atoms with van der Waals surface area (Å²) in [6, 6.07) is 22.8. The average molecular weight is 258 g/mol. The van der Waals surface area contributed by atoms with E-state index in [4.69, 9.17) is 5.26 Å². The standard InChI is InChI=1S/C18H14N2/c19-12-6-10-17-13-16-9-4-5-11-18(16)20(17)14-15-7-2-1-3-8-15/h1-11,13H,14H2/b10-6+. The lowest BCUT2D eigenvalue weighted by Gasteiger charge is -2.08. The molecule has 0 saturated heterocycles. The van der Waals surface area contributed by atoms with Crippen molar-refractivity contribution >= 4 is 17.0 Å². The van der Waals surface area contributed by atoms with Crippen LogP contribution in [-0.2, 0) is 6.54 Å². The fourth-order valence-corrected chi connectivity index (χ4v) is 2.43. The molecule has 0 aliphatic heterocycles. The molecule has 2 heteroatoms. The number of nitriles is 1. The van der Waals surface area contributed by atoms with E-state index in [0.717, 1.165) is 12.2 Å². The van der Waals surface area contributed by atoms with Gasteiger partial charge in [0.25, 0.3) is 0 Å². The average Bonchev–Trinajstić information content (AvgIpc) is 2.84. The van der Waals surface area contributed by atoms with Gasteiger partial charge in [-0.05, 0) is 23.8 Å². The summed E-state index contributed by atoms with van der Waals surface area (Å²) in [5.74, 6) is 0. The number of fused-ring (bicyclic) bond motifs is 1. The molecule has 3 rings (SSSR count). The van der Waals surface area contributed by atoms with Gasteiger partial charge in [0.15, 0.2) is 0 Å². The molecule has 1 aromatic heterocycles. The molecule has 20 heavy (non-hydrogen) atoms. The monoisotopic (exact) mass is 258 g/mol. The molecule has 0 radical (unpaired) electrons. The van der Waals surface area contributed by atoms with E-state index in [1.807, 2.05) is 36.4 Å². The van der Waals surface area contributed by atoms with E-state index < -0.39 is 0 Å². The lowest BCUT2D eigenvalue weighted by atomic mass is 10.2. The zero-order valence-electron chi connectivity index (χ0n) is 11.0. The molecule has 96 valence electrons. The van der Waals surface area contributed by atoms with Crippen LogP contribution < -0.4 is 0 Å². The van der Waals surface area contributed by atoms with Crippen LogP contribution in [0.15, 0.2) is 66.7 Å². The van der Waals surface area contributed by atoms with E-state index in [1.54, 1.807) is 0 Å². The fraction of sp³-hybridized carbons (Fsp3) is 0.0556. The second-order valence-corrected chi connectivity index (χ2v) is 4.66. The molecule has 0 aliphatic rings. The number of benzene rings is 2. The minimum absolute atomic E-state index is 0.805. The summed E-state index contributed by atoms with van der Waals surface area (Å²) < 4.78 is 2.23. The first-order valence-electron chi connectivity index (χ1n) is 6.57. The van der Waals surface area contributed by atoms with Crippen LogP contribution in [0.3, 0.4) is 0 Å². The van der Waals surface area contributed by atoms with Crippen molar-refractivity contribution in [2.75, 3.05) is 0 Å². The molecular weight excluding hydrogens is 244 g/mol. The van der Waals surface area contributed by atoms with Crippen molar-refractivity contribution in [3.63, 3.8) is 0 Å². The summed E-state index contributed by atoms with van der Waals surface area (Å²) in [7, 11) is 0. The zero-order chi connectivity index (χ0) is 13.8. The molecule has 0 aliphatic carbocycles. The van der Waals surface area contributed by atoms with Crippen LogP contribution in [0, 0.1) is 11.3 Å². The highest BCUT2D eigenvalue weighted by molar-refractivity contribution is 5.83. The summed E-state index contributed by atoms with van der Waals surface area (Å²) >= 11 is 0. The van der Waals surface area contributed by atoms with Gasteiger partial charge < -0.3 is 4.57 Å². The molecule has 1 heterocycles. The summed E-state index contributed by atoms with van der Waals surface area (Å²) in [5, 5.41) is 9.93. The number of aromatic nitrogens is 1. The predicted octanol–water partition coefficient (Wildman–Crippen LogP) is 4.23. The maximum atomic E-state index is 8.74. The lowest BCUT2D eigenvalue weighted by molar-refractivity contribution is 0.828. The van der Waals surface area contributed by atoms with Crippen molar-refractivity contribution < 1.29 is 0 Å². The van der Waals surface area contributed by atoms with Crippen LogP contribution in [0.2, 0.25) is 0 Å². The van der Waals surface area contributed by atoms with Crippen molar-refractivity contribution in [2.24, 2.45) is 0 Å². The van der Waals surface area contributed by atoms with Crippen molar-refractivity contribution in [1.82, 2.24) is 4.57 Å². The van der Waals surface area contributed by atoms with Crippen molar-refractivity contribution in [2.45, 2.75) is 6.54 Å². The van der Waals surface area contributed by atoms with Crippen LogP contribution in [0.4, 0.5) is 0 Å². The molecule has 0 amide bonds. The van der Waals surface area contributed by atoms with E-state index in [1.165, 1.54) is 22.5 Å². The van der Waals surface area contributed by atoms with E-state index in [2.05, 4.69) is 41.0 Å². The Morgan fingerprint density at radius 2 is 1.75 bits per heavy atom. The maximum absolute atomic E-state index is 8.74. The SMILES string of the molecule is N#C/C=C/c1cc2ccccc2n1Cc1ccccc1. The summed E-state index contributed by atoms with van der Waals surface area (Å²) in [5.41, 5.74) is 3.49. The van der Waals surface area contributed by atoms with Crippen LogP contribution >= 0.6 is 0 Å². The number of nitrogens with zero attached hydrogens (tertiary/aromatic N) is 2. The number of para-hydroxylation sites is 1. The molecule has 2 aromatic carbocycles. The number of allylic oxidation sites excluding steroid dienone is 1. The Labute approximate surface area is 118 Å². The van der Waals surface area contributed by atoms with Gasteiger partial charge in [-0.2, -0.15) is 5.26 Å². The quantitative estimate of drug-likeness (QED) is 0.646. The van der Waals surface area contributed by atoms with Crippen molar-refractivity contribution in [1.29, 1.82) is 5.26 Å². The summed E-state index contributed by atoms with van der Waals surface area (Å²) in [4.78, 5) is 0. The summed E-state index contributed by atoms with van der Waals surface area (Å²) in [6.45, 7) is 0.805. The van der Waals surface area contributed by atoms with E-state index >= 15 is 0 Å². The third kappa shape index (κ3) is 2.34. The summed E-state index contributed by atoms with van der Waals surface area (Å²) in [6.07, 6.45) is 3.39. The zero-order valence-corrected chi connectivity index (χ0v) is 11.0. The van der Waals surface area contributed by atoms with Crippen LogP contribution in [0.1, 0.15) is 11.3 Å². The highest BCUT2D eigenvalue weighted by atomic mass is 15.0. The van der Waals surface area contributed by atoms with Gasteiger partial charge in [0.1, 0.15) is 0 Å². The van der Waals surface area contributed by atoms with Crippen LogP contribution in [-0.4, -0.2) is 4.57 Å². The fourth-order valence-electron chi connectivity index (χ4n) is 2.43. The van der Waals surface area contributed by atoms with Gasteiger partial charge in [-0.25, -0.2) is 0 Å². The van der Waals surface area contributed by atoms with Crippen molar-refractivity contribution in [3.05, 3.63) is 78.0 Å². The Morgan fingerprint density at radius 1 is 1.00 bits per heavy atom. The van der Waals surface area contributed by atoms with Crippen molar-refractivity contribution in [3.8, 4) is 6.07 Å². The van der Waals surface area contributed by atoms with Gasteiger partial charge in [0, 0.05) is 29.2 Å². The predicted molar refractivity (Wildman–Crippen MR) is 82.1 cm³/mol. The lowest BCUT2D eigenvalue weighted by Crippen LogP contribution is -2.01. The van der Waals surface area contributed by atoms with Gasteiger partial charge in [-0.15, -0.1) is 0 Å². The number of hydrogen-bond donors (Lipinski definition) is 0. The molecule has 0 bridgehead atoms. The van der Waals surface area contributed by atoms with Crippen LogP contribution in [0.5, 0.6) is 0 Å². The molecule has 0 fully saturated rings. The first-order valence-corrected chi connectivity index (χ1v) is 6.57. The van der Waals surface area contributed by atoms with Crippen LogP contribution in [0.25, 0.3) is 17.0 Å². The Bertz CT molecular complexity index is 789. The molecule has 0 saturated carbocycles. The number of rotatable bonds is 3. The minimum atomic E-state index is 0.805. The maximum Gasteiger partial charge on any atom is 0.0912 e. The molecule has 0 unspecified atom stereocenters. The Morgan fingerprint density at radius 3 is 2.55 bits per heavy atom. The molecule has 0 N–H and O–H groups in total.